The van der Waals surface area contributed by atoms with Crippen molar-refractivity contribution in [2.45, 2.75) is 116 Å². The number of rotatable bonds is 16. The SMILES string of the molecule is CCCCCCCCCCCCCCCC(C(C)O)N(C)C. The lowest BCUT2D eigenvalue weighted by Crippen LogP contribution is -2.37. The number of aliphatic hydroxyl groups excluding tert-OH is 1. The van der Waals surface area contributed by atoms with E-state index in [0.717, 1.165) is 6.42 Å². The van der Waals surface area contributed by atoms with Crippen LogP contribution in [0.5, 0.6) is 0 Å². The Hall–Kier alpha value is -0.0800. The second kappa shape index (κ2) is 15.8. The first-order chi connectivity index (χ1) is 10.6. The van der Waals surface area contributed by atoms with Gasteiger partial charge in [-0.05, 0) is 27.4 Å². The third-order valence-electron chi connectivity index (χ3n) is 4.82. The van der Waals surface area contributed by atoms with Crippen molar-refractivity contribution in [3.05, 3.63) is 0 Å². The summed E-state index contributed by atoms with van der Waals surface area (Å²) in [6.07, 6.45) is 19.1. The summed E-state index contributed by atoms with van der Waals surface area (Å²) >= 11 is 0. The van der Waals surface area contributed by atoms with Gasteiger partial charge in [0.25, 0.3) is 0 Å². The molecule has 22 heavy (non-hydrogen) atoms. The highest BCUT2D eigenvalue weighted by atomic mass is 16.3. The third kappa shape index (κ3) is 13.6. The van der Waals surface area contributed by atoms with E-state index in [1.54, 1.807) is 0 Å². The normalized spacial score (nSPS) is 14.5. The zero-order valence-corrected chi connectivity index (χ0v) is 15.9. The summed E-state index contributed by atoms with van der Waals surface area (Å²) in [4.78, 5) is 2.16. The Morgan fingerprint density at radius 2 is 1.05 bits per heavy atom. The molecular weight excluding hydrogens is 270 g/mol. The van der Waals surface area contributed by atoms with Gasteiger partial charge in [0.2, 0.25) is 0 Å². The van der Waals surface area contributed by atoms with Crippen LogP contribution in [0.2, 0.25) is 0 Å². The van der Waals surface area contributed by atoms with Crippen LogP contribution in [0.1, 0.15) is 104 Å². The fourth-order valence-corrected chi connectivity index (χ4v) is 3.30. The first-order valence-corrected chi connectivity index (χ1v) is 9.94. The Bertz CT molecular complexity index is 208. The molecule has 0 bridgehead atoms. The van der Waals surface area contributed by atoms with Gasteiger partial charge in [-0.25, -0.2) is 0 Å². The molecule has 0 aromatic heterocycles. The standard InChI is InChI=1S/C20H43NO/c1-5-6-7-8-9-10-11-12-13-14-15-16-17-18-20(19(2)22)21(3)4/h19-20,22H,5-18H2,1-4H3. The van der Waals surface area contributed by atoms with E-state index < -0.39 is 0 Å². The van der Waals surface area contributed by atoms with Crippen molar-refractivity contribution < 1.29 is 5.11 Å². The van der Waals surface area contributed by atoms with Gasteiger partial charge in [0, 0.05) is 6.04 Å². The molecule has 0 rings (SSSR count). The van der Waals surface area contributed by atoms with Gasteiger partial charge in [0.05, 0.1) is 6.10 Å². The molecule has 2 nitrogen and oxygen atoms in total. The van der Waals surface area contributed by atoms with Crippen LogP contribution in [-0.4, -0.2) is 36.2 Å². The van der Waals surface area contributed by atoms with E-state index in [2.05, 4.69) is 25.9 Å². The van der Waals surface area contributed by atoms with Crippen LogP contribution < -0.4 is 0 Å². The highest BCUT2D eigenvalue weighted by Crippen LogP contribution is 2.15. The topological polar surface area (TPSA) is 23.5 Å². The summed E-state index contributed by atoms with van der Waals surface area (Å²) in [6, 6.07) is 0.327. The van der Waals surface area contributed by atoms with E-state index >= 15 is 0 Å². The Morgan fingerprint density at radius 3 is 1.36 bits per heavy atom. The van der Waals surface area contributed by atoms with E-state index in [-0.39, 0.29) is 6.10 Å². The fourth-order valence-electron chi connectivity index (χ4n) is 3.30. The largest absolute Gasteiger partial charge is 0.392 e. The van der Waals surface area contributed by atoms with Crippen molar-refractivity contribution in [3.8, 4) is 0 Å². The van der Waals surface area contributed by atoms with Crippen LogP contribution >= 0.6 is 0 Å². The molecule has 0 aromatic rings. The fraction of sp³-hybridized carbons (Fsp3) is 1.00. The summed E-state index contributed by atoms with van der Waals surface area (Å²) < 4.78 is 0. The van der Waals surface area contributed by atoms with E-state index in [4.69, 9.17) is 0 Å². The first-order valence-electron chi connectivity index (χ1n) is 9.94. The zero-order valence-electron chi connectivity index (χ0n) is 15.9. The maximum Gasteiger partial charge on any atom is 0.0667 e. The average molecular weight is 314 g/mol. The van der Waals surface area contributed by atoms with Crippen molar-refractivity contribution in [3.63, 3.8) is 0 Å². The minimum Gasteiger partial charge on any atom is -0.392 e. The Kier molecular flexibility index (Phi) is 15.7. The quantitative estimate of drug-likeness (QED) is 0.365. The van der Waals surface area contributed by atoms with E-state index in [9.17, 15) is 5.11 Å². The molecule has 0 heterocycles. The molecule has 0 saturated carbocycles. The van der Waals surface area contributed by atoms with Gasteiger partial charge in [-0.3, -0.25) is 0 Å². The van der Waals surface area contributed by atoms with Crippen molar-refractivity contribution in [2.24, 2.45) is 0 Å². The molecule has 0 spiro atoms. The molecule has 0 radical (unpaired) electrons. The Balaban J connectivity index is 3.23. The van der Waals surface area contributed by atoms with E-state index in [1.165, 1.54) is 83.5 Å². The number of hydrogen-bond donors (Lipinski definition) is 1. The molecule has 0 aliphatic heterocycles. The molecule has 2 heteroatoms. The number of unbranched alkanes of at least 4 members (excludes halogenated alkanes) is 12. The predicted octanol–water partition coefficient (Wildman–Crippen LogP) is 5.78. The second-order valence-electron chi connectivity index (χ2n) is 7.30. The van der Waals surface area contributed by atoms with E-state index in [1.807, 2.05) is 6.92 Å². The van der Waals surface area contributed by atoms with Crippen LogP contribution in [0.3, 0.4) is 0 Å². The third-order valence-corrected chi connectivity index (χ3v) is 4.82. The van der Waals surface area contributed by atoms with Crippen molar-refractivity contribution in [2.75, 3.05) is 14.1 Å². The van der Waals surface area contributed by atoms with Crippen LogP contribution in [0.4, 0.5) is 0 Å². The molecule has 0 fully saturated rings. The molecule has 0 amide bonds. The van der Waals surface area contributed by atoms with Crippen molar-refractivity contribution >= 4 is 0 Å². The molecule has 2 atom stereocenters. The monoisotopic (exact) mass is 313 g/mol. The Labute approximate surface area is 140 Å². The van der Waals surface area contributed by atoms with Crippen molar-refractivity contribution in [1.29, 1.82) is 0 Å². The molecule has 2 unspecified atom stereocenters. The predicted molar refractivity (Wildman–Crippen MR) is 99.5 cm³/mol. The van der Waals surface area contributed by atoms with Gasteiger partial charge in [-0.2, -0.15) is 0 Å². The average Bonchev–Trinajstić information content (AvgIpc) is 2.46. The molecule has 1 N–H and O–H groups in total. The lowest BCUT2D eigenvalue weighted by atomic mass is 10.0. The Morgan fingerprint density at radius 1 is 0.682 bits per heavy atom. The highest BCUT2D eigenvalue weighted by Gasteiger charge is 2.16. The van der Waals surface area contributed by atoms with Gasteiger partial charge in [0.1, 0.15) is 0 Å². The van der Waals surface area contributed by atoms with Gasteiger partial charge in [-0.1, -0.05) is 90.4 Å². The van der Waals surface area contributed by atoms with Crippen LogP contribution in [0, 0.1) is 0 Å². The summed E-state index contributed by atoms with van der Waals surface area (Å²) in [5.41, 5.74) is 0. The van der Waals surface area contributed by atoms with Crippen LogP contribution in [-0.2, 0) is 0 Å². The van der Waals surface area contributed by atoms with E-state index in [0.29, 0.717) is 6.04 Å². The minimum atomic E-state index is -0.215. The summed E-state index contributed by atoms with van der Waals surface area (Å²) in [7, 11) is 4.14. The number of aliphatic hydroxyl groups is 1. The lowest BCUT2D eigenvalue weighted by molar-refractivity contribution is 0.0834. The first kappa shape index (κ1) is 21.9. The smallest absolute Gasteiger partial charge is 0.0667 e. The minimum absolute atomic E-state index is 0.215. The molecular formula is C20H43NO. The van der Waals surface area contributed by atoms with Gasteiger partial charge >= 0.3 is 0 Å². The van der Waals surface area contributed by atoms with Gasteiger partial charge < -0.3 is 10.0 Å². The lowest BCUT2D eigenvalue weighted by Gasteiger charge is -2.26. The van der Waals surface area contributed by atoms with Crippen LogP contribution in [0.15, 0.2) is 0 Å². The number of likely N-dealkylation sites (N-methyl/N-ethyl adjacent to an activating group) is 1. The zero-order chi connectivity index (χ0) is 16.6. The summed E-state index contributed by atoms with van der Waals surface area (Å²) in [6.45, 7) is 4.19. The second-order valence-corrected chi connectivity index (χ2v) is 7.30. The maximum absolute atomic E-state index is 9.73. The van der Waals surface area contributed by atoms with Crippen LogP contribution in [0.25, 0.3) is 0 Å². The summed E-state index contributed by atoms with van der Waals surface area (Å²) in [5.74, 6) is 0. The highest BCUT2D eigenvalue weighted by molar-refractivity contribution is 4.71. The summed E-state index contributed by atoms with van der Waals surface area (Å²) in [5, 5.41) is 9.73. The van der Waals surface area contributed by atoms with Gasteiger partial charge in [0.15, 0.2) is 0 Å². The number of hydrogen-bond acceptors (Lipinski definition) is 2. The molecule has 0 aliphatic rings. The molecule has 134 valence electrons. The maximum atomic E-state index is 9.73. The molecule has 0 aliphatic carbocycles. The number of nitrogens with zero attached hydrogens (tertiary/aromatic N) is 1. The molecule has 0 saturated heterocycles. The van der Waals surface area contributed by atoms with Gasteiger partial charge in [-0.15, -0.1) is 0 Å². The molecule has 0 aromatic carbocycles. The van der Waals surface area contributed by atoms with Crippen molar-refractivity contribution in [1.82, 2.24) is 4.90 Å².